The summed E-state index contributed by atoms with van der Waals surface area (Å²) in [6.07, 6.45) is -5.28. The number of aliphatic imine (C=N–C) groups is 1. The van der Waals surface area contributed by atoms with Gasteiger partial charge in [0.1, 0.15) is 30.3 Å². The maximum absolute atomic E-state index is 12.0. The third kappa shape index (κ3) is 8.41. The quantitative estimate of drug-likeness (QED) is 0.102. The Bertz CT molecular complexity index is 1160. The molecule has 0 aliphatic carbocycles. The van der Waals surface area contributed by atoms with Gasteiger partial charge in [-0.2, -0.15) is 12.9 Å². The van der Waals surface area contributed by atoms with E-state index in [1.165, 1.54) is 11.9 Å². The first-order chi connectivity index (χ1) is 16.3. The van der Waals surface area contributed by atoms with Crippen molar-refractivity contribution in [3.05, 3.63) is 6.33 Å². The number of hydrogen-bond donors (Lipinski definition) is 8. The number of anilines is 2. The highest BCUT2D eigenvalue weighted by atomic mass is 31.3. The molecular weight excluding hydrogens is 582 g/mol. The summed E-state index contributed by atoms with van der Waals surface area (Å²) >= 11 is 0. The molecule has 0 radical (unpaired) electrons. The molecule has 2 rings (SSSR count). The monoisotopic (exact) mass is 603 g/mol. The molecule has 25 heteroatoms. The Morgan fingerprint density at radius 1 is 1.03 bits per heavy atom. The lowest BCUT2D eigenvalue weighted by atomic mass is 10.1. The summed E-state index contributed by atoms with van der Waals surface area (Å²) in [6.45, 7) is 2.26. The van der Waals surface area contributed by atoms with Crippen LogP contribution in [0.1, 0.15) is 0 Å². The Morgan fingerprint density at radius 3 is 2.14 bits per heavy atom. The van der Waals surface area contributed by atoms with Gasteiger partial charge in [0, 0.05) is 7.05 Å². The topological polar surface area (TPSA) is 323 Å². The van der Waals surface area contributed by atoms with Crippen molar-refractivity contribution in [3.63, 3.8) is 0 Å². The van der Waals surface area contributed by atoms with Gasteiger partial charge in [0.15, 0.2) is 17.9 Å². The first-order valence-corrected chi connectivity index (χ1v) is 14.9. The largest absolute Gasteiger partial charge is 0.490 e. The number of phosphoric ester groups is 1. The Morgan fingerprint density at radius 2 is 1.58 bits per heavy atom. The van der Waals surface area contributed by atoms with Crippen molar-refractivity contribution in [1.82, 2.24) is 9.97 Å². The van der Waals surface area contributed by atoms with Gasteiger partial charge in [0.05, 0.1) is 6.61 Å². The molecule has 0 aromatic carbocycles. The molecule has 1 aliphatic heterocycles. The molecule has 206 valence electrons. The molecule has 36 heavy (non-hydrogen) atoms. The Hall–Kier alpha value is -1.21. The van der Waals surface area contributed by atoms with Crippen LogP contribution in [-0.2, 0) is 40.5 Å². The summed E-state index contributed by atoms with van der Waals surface area (Å²) in [5, 5.41) is 20.6. The minimum Gasteiger partial charge on any atom is -0.387 e. The number of ether oxygens (including phenoxy) is 1. The van der Waals surface area contributed by atoms with Crippen molar-refractivity contribution < 1.29 is 75.1 Å². The van der Waals surface area contributed by atoms with Gasteiger partial charge in [-0.3, -0.25) is 9.52 Å². The molecule has 9 N–H and O–H groups in total. The van der Waals surface area contributed by atoms with Crippen molar-refractivity contribution in [1.29, 1.82) is 0 Å². The molecule has 1 fully saturated rings. The van der Waals surface area contributed by atoms with Gasteiger partial charge in [-0.1, -0.05) is 0 Å². The van der Waals surface area contributed by atoms with E-state index in [0.717, 1.165) is 6.33 Å². The Labute approximate surface area is 201 Å². The third-order valence-electron chi connectivity index (χ3n) is 4.07. The molecule has 1 aromatic heterocycles. The van der Waals surface area contributed by atoms with Gasteiger partial charge in [-0.15, -0.1) is 0 Å². The first-order valence-electron chi connectivity index (χ1n) is 8.91. The molecule has 1 saturated heterocycles. The minimum atomic E-state index is -6.01. The normalized spacial score (nSPS) is 27.6. The molecule has 0 amide bonds. The van der Waals surface area contributed by atoms with Crippen LogP contribution in [0.5, 0.6) is 0 Å². The van der Waals surface area contributed by atoms with Crippen LogP contribution in [0.15, 0.2) is 11.3 Å². The van der Waals surface area contributed by atoms with E-state index in [4.69, 9.17) is 25.2 Å². The van der Waals surface area contributed by atoms with E-state index in [2.05, 4.69) is 39.1 Å². The molecular formula is C11H21N5O16P4. The average molecular weight is 603 g/mol. The van der Waals surface area contributed by atoms with Crippen LogP contribution in [0.2, 0.25) is 0 Å². The summed E-state index contributed by atoms with van der Waals surface area (Å²) in [6, 6.07) is 0. The highest BCUT2D eigenvalue weighted by molar-refractivity contribution is 7.69. The second-order valence-electron chi connectivity index (χ2n) is 6.68. The maximum atomic E-state index is 12.0. The van der Waals surface area contributed by atoms with Crippen LogP contribution >= 0.6 is 31.3 Å². The van der Waals surface area contributed by atoms with Gasteiger partial charge in [-0.25, -0.2) is 28.2 Å². The number of nitrogens with two attached hydrogens (primary N) is 1. The zero-order valence-electron chi connectivity index (χ0n) is 17.8. The van der Waals surface area contributed by atoms with E-state index < -0.39 is 62.4 Å². The second-order valence-corrected chi connectivity index (χ2v) is 12.7. The number of hydrogen-bond acceptors (Lipinski definition) is 16. The molecule has 0 saturated carbocycles. The highest BCUT2D eigenvalue weighted by Crippen LogP contribution is 2.70. The number of nitrogens with zero attached hydrogens (tertiary/aromatic N) is 4. The summed E-state index contributed by atoms with van der Waals surface area (Å²) in [5.41, 5.74) is 5.70. The van der Waals surface area contributed by atoms with Crippen molar-refractivity contribution >= 4 is 55.3 Å². The molecule has 21 nitrogen and oxygen atoms in total. The number of phosphoric acid groups is 4. The van der Waals surface area contributed by atoms with Crippen LogP contribution in [0, 0.1) is 0 Å². The van der Waals surface area contributed by atoms with E-state index >= 15 is 0 Å². The number of aliphatic hydroxyl groups is 2. The fraction of sp³-hybridized carbons (Fsp3) is 0.545. The summed E-state index contributed by atoms with van der Waals surface area (Å²) < 4.78 is 65.9. The van der Waals surface area contributed by atoms with Crippen molar-refractivity contribution in [3.8, 4) is 0 Å². The second kappa shape index (κ2) is 11.3. The van der Waals surface area contributed by atoms with Gasteiger partial charge in [0.2, 0.25) is 0 Å². The van der Waals surface area contributed by atoms with Gasteiger partial charge in [-0.05, 0) is 6.72 Å². The molecule has 0 spiro atoms. The van der Waals surface area contributed by atoms with Crippen molar-refractivity contribution in [2.75, 3.05) is 24.3 Å². The standard InChI is InChI=1S/C11H21N5O16P4/c1-13-6-9(12)14-4-15-10(6)16(2)11-8(18)7(17)5(29-11)3-28-34(22,23)31-36(26,27)32-35(24,25)30-33(19,20)21/h4-5,7-8,11,17-18H,1,3H2,2H3,(H,22,23)(H,24,25)(H,26,27)(H2,12,14,15)(H2,19,20,21)/t5-,7?,8?,11-/m1/s1. The Balaban J connectivity index is 2.06. The van der Waals surface area contributed by atoms with E-state index in [-0.39, 0.29) is 17.3 Å². The molecule has 1 aliphatic rings. The van der Waals surface area contributed by atoms with Crippen LogP contribution in [0.3, 0.4) is 0 Å². The molecule has 2 heterocycles. The maximum Gasteiger partial charge on any atom is 0.490 e. The highest BCUT2D eigenvalue weighted by Gasteiger charge is 2.48. The zero-order valence-corrected chi connectivity index (χ0v) is 21.3. The zero-order chi connectivity index (χ0) is 27.7. The van der Waals surface area contributed by atoms with Crippen molar-refractivity contribution in [2.45, 2.75) is 24.5 Å². The number of nitrogen functional groups attached to an aromatic ring is 1. The lowest BCUT2D eigenvalue weighted by Gasteiger charge is -2.28. The van der Waals surface area contributed by atoms with Gasteiger partial charge in [0.25, 0.3) is 0 Å². The van der Waals surface area contributed by atoms with Crippen LogP contribution in [0.25, 0.3) is 0 Å². The van der Waals surface area contributed by atoms with Crippen LogP contribution in [-0.4, -0.2) is 89.6 Å². The van der Waals surface area contributed by atoms with Crippen LogP contribution < -0.4 is 10.6 Å². The molecule has 7 atom stereocenters. The van der Waals surface area contributed by atoms with E-state index in [9.17, 15) is 38.3 Å². The fourth-order valence-corrected chi connectivity index (χ4v) is 7.18. The molecule has 1 aromatic rings. The van der Waals surface area contributed by atoms with Gasteiger partial charge < -0.3 is 50.1 Å². The third-order valence-corrected chi connectivity index (χ3v) is 9.52. The number of aliphatic hydroxyl groups excluding tert-OH is 2. The summed E-state index contributed by atoms with van der Waals surface area (Å²) in [7, 11) is -22.0. The lowest BCUT2D eigenvalue weighted by molar-refractivity contribution is -0.0209. The van der Waals surface area contributed by atoms with E-state index in [1.807, 2.05) is 0 Å². The predicted octanol–water partition coefficient (Wildman–Crippen LogP) is -1.27. The number of rotatable bonds is 12. The van der Waals surface area contributed by atoms with Crippen molar-refractivity contribution in [2.24, 2.45) is 4.99 Å². The number of likely N-dealkylation sites (N-methyl/N-ethyl adjacent to an activating group) is 1. The van der Waals surface area contributed by atoms with Gasteiger partial charge >= 0.3 is 31.3 Å². The van der Waals surface area contributed by atoms with Crippen LogP contribution in [0.4, 0.5) is 17.3 Å². The minimum absolute atomic E-state index is 0.0147. The SMILES string of the molecule is C=Nc1c(N)ncnc1N(C)[C@@H]1O[C@H](COP(=O)(O)OP(=O)(O)OP(=O)(O)OP(=O)(O)O)C(O)C1O. The number of aromatic nitrogens is 2. The summed E-state index contributed by atoms with van der Waals surface area (Å²) in [5.74, 6) is -0.0433. The average Bonchev–Trinajstić information content (AvgIpc) is 2.96. The smallest absolute Gasteiger partial charge is 0.387 e. The summed E-state index contributed by atoms with van der Waals surface area (Å²) in [4.78, 5) is 57.5. The molecule has 5 unspecified atom stereocenters. The Kier molecular flexibility index (Phi) is 9.70. The predicted molar refractivity (Wildman–Crippen MR) is 115 cm³/mol. The van der Waals surface area contributed by atoms with E-state index in [0.29, 0.717) is 0 Å². The fourth-order valence-electron chi connectivity index (χ4n) is 2.72. The van der Waals surface area contributed by atoms with E-state index in [1.54, 1.807) is 0 Å². The first kappa shape index (κ1) is 31.0. The lowest BCUT2D eigenvalue weighted by Crippen LogP contribution is -2.42. The molecule has 0 bridgehead atoms.